The Balaban J connectivity index is 1.54. The highest BCUT2D eigenvalue weighted by molar-refractivity contribution is 5.83. The Kier molecular flexibility index (Phi) is 4.52. The van der Waals surface area contributed by atoms with Crippen molar-refractivity contribution in [2.45, 2.75) is 31.7 Å². The Bertz CT molecular complexity index is 734. The van der Waals surface area contributed by atoms with Gasteiger partial charge in [-0.3, -0.25) is 5.21 Å². The molecule has 1 saturated heterocycles. The fourth-order valence-electron chi connectivity index (χ4n) is 4.01. The van der Waals surface area contributed by atoms with Gasteiger partial charge in [-0.15, -0.1) is 0 Å². The summed E-state index contributed by atoms with van der Waals surface area (Å²) in [5.74, 6) is 0.551. The van der Waals surface area contributed by atoms with E-state index in [0.29, 0.717) is 5.92 Å². The van der Waals surface area contributed by atoms with Crippen LogP contribution >= 0.6 is 0 Å². The molecular weight excluding hydrogens is 298 g/mol. The van der Waals surface area contributed by atoms with Gasteiger partial charge in [0.1, 0.15) is 0 Å². The van der Waals surface area contributed by atoms with Crippen molar-refractivity contribution in [2.75, 3.05) is 13.1 Å². The van der Waals surface area contributed by atoms with Crippen LogP contribution in [-0.4, -0.2) is 29.5 Å². The Morgan fingerprint density at radius 2 is 1.92 bits per heavy atom. The molecule has 0 bridgehead atoms. The van der Waals surface area contributed by atoms with Crippen LogP contribution in [0.3, 0.4) is 0 Å². The number of hydrazine groups is 1. The third kappa shape index (κ3) is 3.31. The lowest BCUT2D eigenvalue weighted by Gasteiger charge is -2.22. The monoisotopic (exact) mass is 323 g/mol. The summed E-state index contributed by atoms with van der Waals surface area (Å²) in [6, 6.07) is 15.3. The zero-order valence-corrected chi connectivity index (χ0v) is 13.9. The Hall–Kier alpha value is -1.88. The van der Waals surface area contributed by atoms with Gasteiger partial charge in [0.05, 0.1) is 6.04 Å². The van der Waals surface area contributed by atoms with Gasteiger partial charge in [0, 0.05) is 6.20 Å². The summed E-state index contributed by atoms with van der Waals surface area (Å²) in [6.45, 7) is 2.17. The van der Waals surface area contributed by atoms with Crippen LogP contribution in [0, 0.1) is 5.92 Å². The van der Waals surface area contributed by atoms with E-state index in [1.165, 1.54) is 34.8 Å². The number of benzene rings is 2. The van der Waals surface area contributed by atoms with Crippen LogP contribution in [0.4, 0.5) is 0 Å². The summed E-state index contributed by atoms with van der Waals surface area (Å²) < 4.78 is 0. The Morgan fingerprint density at radius 3 is 2.83 bits per heavy atom. The lowest BCUT2D eigenvalue weighted by Crippen LogP contribution is -2.36. The Labute approximate surface area is 143 Å². The van der Waals surface area contributed by atoms with Crippen molar-refractivity contribution in [3.63, 3.8) is 0 Å². The second-order valence-electron chi connectivity index (χ2n) is 6.92. The average Bonchev–Trinajstić information content (AvgIpc) is 2.80. The maximum atomic E-state index is 9.95. The van der Waals surface area contributed by atoms with Gasteiger partial charge in [-0.1, -0.05) is 42.5 Å². The van der Waals surface area contributed by atoms with Gasteiger partial charge in [-0.2, -0.15) is 5.17 Å². The molecule has 2 aromatic carbocycles. The molecule has 2 unspecified atom stereocenters. The van der Waals surface area contributed by atoms with Crippen molar-refractivity contribution in [2.24, 2.45) is 5.92 Å². The molecule has 126 valence electrons. The van der Waals surface area contributed by atoms with Crippen molar-refractivity contribution < 1.29 is 5.21 Å². The summed E-state index contributed by atoms with van der Waals surface area (Å²) in [7, 11) is 0. The van der Waals surface area contributed by atoms with Crippen LogP contribution in [0.15, 0.2) is 54.2 Å². The first-order chi connectivity index (χ1) is 11.8. The number of rotatable bonds is 3. The van der Waals surface area contributed by atoms with Gasteiger partial charge < -0.3 is 5.32 Å². The van der Waals surface area contributed by atoms with Gasteiger partial charge in [0.15, 0.2) is 0 Å². The standard InChI is InChI=1S/C20H25N3O/c24-23-14-19(17-6-3-10-21-11-9-17)20(22-23)13-15-7-8-16-4-1-2-5-18(16)12-15/h1-2,4-5,7-8,12,14,17,20-22,24H,3,6,9-11,13H2. The van der Waals surface area contributed by atoms with Crippen molar-refractivity contribution in [1.29, 1.82) is 0 Å². The van der Waals surface area contributed by atoms with E-state index in [1.807, 2.05) is 6.20 Å². The maximum absolute atomic E-state index is 9.95. The fourth-order valence-corrected chi connectivity index (χ4v) is 4.01. The van der Waals surface area contributed by atoms with E-state index in [0.717, 1.165) is 31.1 Å². The summed E-state index contributed by atoms with van der Waals surface area (Å²) in [4.78, 5) is 0. The topological polar surface area (TPSA) is 47.5 Å². The summed E-state index contributed by atoms with van der Waals surface area (Å²) in [5, 5.41) is 17.1. The molecule has 2 aliphatic rings. The number of nitrogens with zero attached hydrogens (tertiary/aromatic N) is 1. The van der Waals surface area contributed by atoms with E-state index < -0.39 is 0 Å². The lowest BCUT2D eigenvalue weighted by atomic mass is 9.86. The molecule has 1 fully saturated rings. The van der Waals surface area contributed by atoms with Gasteiger partial charge in [0.2, 0.25) is 0 Å². The van der Waals surface area contributed by atoms with Crippen molar-refractivity contribution >= 4 is 10.8 Å². The minimum Gasteiger partial charge on any atom is -0.317 e. The van der Waals surface area contributed by atoms with E-state index in [-0.39, 0.29) is 6.04 Å². The molecule has 4 rings (SSSR count). The fraction of sp³-hybridized carbons (Fsp3) is 0.400. The third-order valence-electron chi connectivity index (χ3n) is 5.26. The average molecular weight is 323 g/mol. The van der Waals surface area contributed by atoms with Gasteiger partial charge >= 0.3 is 0 Å². The molecule has 0 radical (unpaired) electrons. The number of fused-ring (bicyclic) bond motifs is 1. The number of hydroxylamine groups is 1. The molecule has 0 spiro atoms. The van der Waals surface area contributed by atoms with Crippen LogP contribution < -0.4 is 10.7 Å². The second kappa shape index (κ2) is 6.93. The van der Waals surface area contributed by atoms with E-state index in [1.54, 1.807) is 0 Å². The van der Waals surface area contributed by atoms with Gasteiger partial charge in [-0.05, 0) is 66.6 Å². The maximum Gasteiger partial charge on any atom is 0.0556 e. The molecule has 0 saturated carbocycles. The molecule has 24 heavy (non-hydrogen) atoms. The number of hydrogen-bond acceptors (Lipinski definition) is 4. The first-order valence-electron chi connectivity index (χ1n) is 8.94. The molecule has 0 aromatic heterocycles. The minimum atomic E-state index is 0.180. The predicted octanol–water partition coefficient (Wildman–Crippen LogP) is 3.23. The smallest absolute Gasteiger partial charge is 0.0556 e. The minimum absolute atomic E-state index is 0.180. The van der Waals surface area contributed by atoms with Crippen LogP contribution in [0.2, 0.25) is 0 Å². The highest BCUT2D eigenvalue weighted by Crippen LogP contribution is 2.30. The molecular formula is C20H25N3O. The van der Waals surface area contributed by atoms with Crippen LogP contribution in [0.1, 0.15) is 24.8 Å². The third-order valence-corrected chi connectivity index (χ3v) is 5.26. The van der Waals surface area contributed by atoms with E-state index in [2.05, 4.69) is 53.2 Å². The van der Waals surface area contributed by atoms with Crippen molar-refractivity contribution in [3.05, 3.63) is 59.8 Å². The van der Waals surface area contributed by atoms with E-state index in [9.17, 15) is 5.21 Å². The van der Waals surface area contributed by atoms with Crippen LogP contribution in [0.5, 0.6) is 0 Å². The van der Waals surface area contributed by atoms with Crippen molar-refractivity contribution in [1.82, 2.24) is 15.9 Å². The zero-order chi connectivity index (χ0) is 16.4. The van der Waals surface area contributed by atoms with Crippen molar-refractivity contribution in [3.8, 4) is 0 Å². The molecule has 2 atom stereocenters. The number of hydrogen-bond donors (Lipinski definition) is 3. The van der Waals surface area contributed by atoms with Crippen LogP contribution in [0.25, 0.3) is 10.8 Å². The Morgan fingerprint density at radius 1 is 1.04 bits per heavy atom. The molecule has 4 nitrogen and oxygen atoms in total. The molecule has 0 aliphatic carbocycles. The van der Waals surface area contributed by atoms with Gasteiger partial charge in [-0.25, -0.2) is 5.43 Å². The normalized spacial score (nSPS) is 24.9. The highest BCUT2D eigenvalue weighted by atomic mass is 16.5. The first-order valence-corrected chi connectivity index (χ1v) is 8.94. The zero-order valence-electron chi connectivity index (χ0n) is 13.9. The first kappa shape index (κ1) is 15.6. The predicted molar refractivity (Wildman–Crippen MR) is 96.5 cm³/mol. The lowest BCUT2D eigenvalue weighted by molar-refractivity contribution is -0.0839. The molecule has 3 N–H and O–H groups in total. The second-order valence-corrected chi connectivity index (χ2v) is 6.92. The molecule has 4 heteroatoms. The molecule has 2 heterocycles. The molecule has 2 aromatic rings. The largest absolute Gasteiger partial charge is 0.317 e. The quantitative estimate of drug-likeness (QED) is 0.811. The van der Waals surface area contributed by atoms with E-state index >= 15 is 0 Å². The number of nitrogens with one attached hydrogen (secondary N) is 2. The SMILES string of the molecule is ON1C=C(C2CCCNCC2)C(Cc2ccc3ccccc3c2)N1. The van der Waals surface area contributed by atoms with Gasteiger partial charge in [0.25, 0.3) is 0 Å². The van der Waals surface area contributed by atoms with Crippen LogP contribution in [-0.2, 0) is 6.42 Å². The highest BCUT2D eigenvalue weighted by Gasteiger charge is 2.29. The summed E-state index contributed by atoms with van der Waals surface area (Å²) >= 11 is 0. The molecule has 0 amide bonds. The molecule has 2 aliphatic heterocycles. The summed E-state index contributed by atoms with van der Waals surface area (Å²) in [6.07, 6.45) is 6.34. The van der Waals surface area contributed by atoms with E-state index in [4.69, 9.17) is 0 Å². The summed E-state index contributed by atoms with van der Waals surface area (Å²) in [5.41, 5.74) is 5.84.